The molecule has 3 heterocycles. The largest absolute Gasteiger partial charge is 0.352 e. The molecule has 31 heavy (non-hydrogen) atoms. The van der Waals surface area contributed by atoms with Gasteiger partial charge in [0.05, 0.1) is 16.3 Å². The van der Waals surface area contributed by atoms with Gasteiger partial charge in [-0.2, -0.15) is 4.31 Å². The topological polar surface area (TPSA) is 110 Å². The molecule has 0 bridgehead atoms. The molecule has 1 atom stereocenters. The summed E-state index contributed by atoms with van der Waals surface area (Å²) in [4.78, 5) is 16.9. The highest BCUT2D eigenvalue weighted by atomic mass is 32.2. The van der Waals surface area contributed by atoms with Crippen LogP contribution < -0.4 is 5.32 Å². The Balaban J connectivity index is 1.46. The molecule has 1 amide bonds. The summed E-state index contributed by atoms with van der Waals surface area (Å²) in [6.07, 6.45) is 5.59. The van der Waals surface area contributed by atoms with E-state index in [1.54, 1.807) is 35.3 Å². The third kappa shape index (κ3) is 4.59. The number of carbonyl (C=O) groups is 1. The lowest BCUT2D eigenvalue weighted by Gasteiger charge is -2.31. The number of amides is 1. The number of aryl methyl sites for hydroxylation is 1. The minimum atomic E-state index is -3.72. The molecule has 10 heteroatoms. The molecule has 1 aliphatic heterocycles. The number of rotatable bonds is 7. The monoisotopic (exact) mass is 442 g/mol. The maximum atomic E-state index is 13.2. The summed E-state index contributed by atoms with van der Waals surface area (Å²) in [7, 11) is -3.72. The molecule has 0 radical (unpaired) electrons. The average Bonchev–Trinajstić information content (AvgIpc) is 3.20. The summed E-state index contributed by atoms with van der Waals surface area (Å²) in [6.45, 7) is 3.72. The molecule has 1 saturated heterocycles. The molecule has 1 N–H and O–H groups in total. The first-order valence-electron chi connectivity index (χ1n) is 10.5. The molecule has 0 spiro atoms. The fourth-order valence-electron chi connectivity index (χ4n) is 3.85. The van der Waals surface area contributed by atoms with E-state index in [2.05, 4.69) is 20.6 Å². The molecule has 1 aliphatic rings. The smallest absolute Gasteiger partial charge is 0.243 e. The van der Waals surface area contributed by atoms with Crippen LogP contribution in [0.4, 0.5) is 0 Å². The SMILES string of the molecule is CCCn1nnc2cc(S(=O)(=O)N3CCCC(C(=O)NCc4cccnc4)C3)ccc21. The fourth-order valence-corrected chi connectivity index (χ4v) is 5.39. The third-order valence-corrected chi connectivity index (χ3v) is 7.36. The lowest BCUT2D eigenvalue weighted by Crippen LogP contribution is -2.45. The summed E-state index contributed by atoms with van der Waals surface area (Å²) >= 11 is 0. The summed E-state index contributed by atoms with van der Waals surface area (Å²) < 4.78 is 29.7. The van der Waals surface area contributed by atoms with Crippen molar-refractivity contribution in [3.63, 3.8) is 0 Å². The Morgan fingerprint density at radius 1 is 1.29 bits per heavy atom. The molecule has 0 saturated carbocycles. The Morgan fingerprint density at radius 3 is 2.94 bits per heavy atom. The van der Waals surface area contributed by atoms with Crippen molar-refractivity contribution >= 4 is 27.0 Å². The molecule has 0 aliphatic carbocycles. The van der Waals surface area contributed by atoms with Gasteiger partial charge in [-0.25, -0.2) is 13.1 Å². The number of fused-ring (bicyclic) bond motifs is 1. The standard InChI is InChI=1S/C21H26N6O3S/c1-2-10-27-20-8-7-18(12-19(20)24-25-27)31(29,30)26-11-4-6-17(15-26)21(28)23-14-16-5-3-9-22-13-16/h3,5,7-9,12-13,17H,2,4,6,10-11,14-15H2,1H3,(H,23,28). The lowest BCUT2D eigenvalue weighted by molar-refractivity contribution is -0.126. The molecule has 164 valence electrons. The van der Waals surface area contributed by atoms with Gasteiger partial charge in [0.25, 0.3) is 0 Å². The zero-order valence-corrected chi connectivity index (χ0v) is 18.3. The maximum Gasteiger partial charge on any atom is 0.243 e. The van der Waals surface area contributed by atoms with E-state index in [-0.39, 0.29) is 23.3 Å². The van der Waals surface area contributed by atoms with Crippen molar-refractivity contribution in [2.75, 3.05) is 13.1 Å². The highest BCUT2D eigenvalue weighted by molar-refractivity contribution is 7.89. The Morgan fingerprint density at radius 2 is 2.16 bits per heavy atom. The van der Waals surface area contributed by atoms with Crippen LogP contribution in [0.3, 0.4) is 0 Å². The Bertz CT molecular complexity index is 1160. The van der Waals surface area contributed by atoms with Crippen molar-refractivity contribution in [2.45, 2.75) is 44.2 Å². The van der Waals surface area contributed by atoms with Crippen LogP contribution in [0.25, 0.3) is 11.0 Å². The fraction of sp³-hybridized carbons (Fsp3) is 0.429. The van der Waals surface area contributed by atoms with E-state index in [9.17, 15) is 13.2 Å². The van der Waals surface area contributed by atoms with Crippen LogP contribution in [0.5, 0.6) is 0 Å². The Labute approximate surface area is 181 Å². The second-order valence-corrected chi connectivity index (χ2v) is 9.68. The van der Waals surface area contributed by atoms with Crippen LogP contribution in [0.15, 0.2) is 47.6 Å². The molecule has 4 rings (SSSR count). The predicted molar refractivity (Wildman–Crippen MR) is 115 cm³/mol. The van der Waals surface area contributed by atoms with Gasteiger partial charge in [-0.15, -0.1) is 5.10 Å². The van der Waals surface area contributed by atoms with E-state index < -0.39 is 10.0 Å². The number of benzene rings is 1. The number of piperidine rings is 1. The minimum absolute atomic E-state index is 0.137. The summed E-state index contributed by atoms with van der Waals surface area (Å²) in [5.74, 6) is -0.518. The van der Waals surface area contributed by atoms with Gasteiger partial charge in [-0.3, -0.25) is 9.78 Å². The summed E-state index contributed by atoms with van der Waals surface area (Å²) in [5.41, 5.74) is 2.27. The van der Waals surface area contributed by atoms with Crippen LogP contribution in [0, 0.1) is 5.92 Å². The van der Waals surface area contributed by atoms with E-state index in [0.717, 1.165) is 24.0 Å². The van der Waals surface area contributed by atoms with Gasteiger partial charge in [0.1, 0.15) is 5.52 Å². The van der Waals surface area contributed by atoms with E-state index in [1.165, 1.54) is 4.31 Å². The van der Waals surface area contributed by atoms with Gasteiger partial charge in [0.2, 0.25) is 15.9 Å². The molecular weight excluding hydrogens is 416 g/mol. The minimum Gasteiger partial charge on any atom is -0.352 e. The zero-order chi connectivity index (χ0) is 21.8. The van der Waals surface area contributed by atoms with Crippen molar-refractivity contribution in [2.24, 2.45) is 5.92 Å². The number of sulfonamides is 1. The van der Waals surface area contributed by atoms with Crippen LogP contribution >= 0.6 is 0 Å². The first-order chi connectivity index (χ1) is 15.0. The van der Waals surface area contributed by atoms with Crippen molar-refractivity contribution in [3.8, 4) is 0 Å². The summed E-state index contributed by atoms with van der Waals surface area (Å²) in [6, 6.07) is 8.61. The molecule has 1 unspecified atom stereocenters. The second-order valence-electron chi connectivity index (χ2n) is 7.74. The number of nitrogens with one attached hydrogen (secondary N) is 1. The first kappa shape index (κ1) is 21.4. The maximum absolute atomic E-state index is 13.2. The Hall–Kier alpha value is -2.85. The number of pyridine rings is 1. The van der Waals surface area contributed by atoms with Crippen molar-refractivity contribution in [1.82, 2.24) is 29.6 Å². The number of carbonyl (C=O) groups excluding carboxylic acids is 1. The normalized spacial score (nSPS) is 17.6. The molecule has 1 aromatic carbocycles. The number of nitrogens with zero attached hydrogens (tertiary/aromatic N) is 5. The average molecular weight is 443 g/mol. The van der Waals surface area contributed by atoms with Crippen molar-refractivity contribution < 1.29 is 13.2 Å². The Kier molecular flexibility index (Phi) is 6.28. The summed E-state index contributed by atoms with van der Waals surface area (Å²) in [5, 5.41) is 11.1. The molecular formula is C21H26N6O3S. The van der Waals surface area contributed by atoms with Crippen LogP contribution in [-0.2, 0) is 27.9 Å². The highest BCUT2D eigenvalue weighted by Gasteiger charge is 2.33. The lowest BCUT2D eigenvalue weighted by atomic mass is 9.99. The number of hydrogen-bond donors (Lipinski definition) is 1. The van der Waals surface area contributed by atoms with Gasteiger partial charge in [0.15, 0.2) is 0 Å². The van der Waals surface area contributed by atoms with E-state index >= 15 is 0 Å². The highest BCUT2D eigenvalue weighted by Crippen LogP contribution is 2.26. The quantitative estimate of drug-likeness (QED) is 0.599. The van der Waals surface area contributed by atoms with Crippen molar-refractivity contribution in [1.29, 1.82) is 0 Å². The van der Waals surface area contributed by atoms with Crippen molar-refractivity contribution in [3.05, 3.63) is 48.3 Å². The number of aromatic nitrogens is 4. The molecule has 3 aromatic rings. The predicted octanol–water partition coefficient (Wildman–Crippen LogP) is 1.95. The van der Waals surface area contributed by atoms with Crippen LogP contribution in [0.2, 0.25) is 0 Å². The molecule has 1 fully saturated rings. The van der Waals surface area contributed by atoms with Crippen LogP contribution in [0.1, 0.15) is 31.7 Å². The van der Waals surface area contributed by atoms with E-state index in [4.69, 9.17) is 0 Å². The van der Waals surface area contributed by atoms with Crippen LogP contribution in [-0.4, -0.2) is 51.7 Å². The first-order valence-corrected chi connectivity index (χ1v) is 11.9. The molecule has 9 nitrogen and oxygen atoms in total. The van der Waals surface area contributed by atoms with Gasteiger partial charge in [-0.1, -0.05) is 18.2 Å². The van der Waals surface area contributed by atoms with Gasteiger partial charge < -0.3 is 5.32 Å². The van der Waals surface area contributed by atoms with E-state index in [0.29, 0.717) is 31.4 Å². The van der Waals surface area contributed by atoms with Gasteiger partial charge in [-0.05, 0) is 49.1 Å². The van der Waals surface area contributed by atoms with Gasteiger partial charge >= 0.3 is 0 Å². The molecule has 2 aromatic heterocycles. The third-order valence-electron chi connectivity index (χ3n) is 5.50. The van der Waals surface area contributed by atoms with Gasteiger partial charge in [0, 0.05) is 38.6 Å². The van der Waals surface area contributed by atoms with E-state index in [1.807, 2.05) is 19.1 Å². The second kappa shape index (κ2) is 9.11. The zero-order valence-electron chi connectivity index (χ0n) is 17.4. The number of hydrogen-bond acceptors (Lipinski definition) is 6.